The minimum absolute atomic E-state index is 0.217. The lowest BCUT2D eigenvalue weighted by molar-refractivity contribution is -0.118. The minimum Gasteiger partial charge on any atom is -0.444 e. The van der Waals surface area contributed by atoms with Gasteiger partial charge in [-0.15, -0.1) is 0 Å². The van der Waals surface area contributed by atoms with Crippen LogP contribution < -0.4 is 16.0 Å². The van der Waals surface area contributed by atoms with Crippen LogP contribution in [0.2, 0.25) is 0 Å². The fourth-order valence-electron chi connectivity index (χ4n) is 2.89. The molecule has 7 heteroatoms. The summed E-state index contributed by atoms with van der Waals surface area (Å²) in [6.07, 6.45) is -0.377. The highest BCUT2D eigenvalue weighted by molar-refractivity contribution is 6.00. The maximum absolute atomic E-state index is 13.1. The highest BCUT2D eigenvalue weighted by Gasteiger charge is 2.25. The second-order valence-electron chi connectivity index (χ2n) is 8.27. The molecule has 0 spiro atoms. The standard InChI is InChI=1S/C24H31N3O4/c1-6-25-21(28)18-13-12-16(2)19(15-18)26-22(29)20(14-17-10-8-7-9-11-17)27-23(30)31-24(3,4)5/h7-13,15,20H,6,14H2,1-5H3,(H,25,28)(H,26,29)(H,27,30). The molecule has 0 bridgehead atoms. The van der Waals surface area contributed by atoms with E-state index in [0.29, 0.717) is 24.2 Å². The van der Waals surface area contributed by atoms with Crippen LogP contribution in [-0.4, -0.2) is 36.1 Å². The third-order valence-electron chi connectivity index (χ3n) is 4.39. The second-order valence-corrected chi connectivity index (χ2v) is 8.27. The molecule has 0 saturated carbocycles. The molecule has 7 nitrogen and oxygen atoms in total. The van der Waals surface area contributed by atoms with Crippen molar-refractivity contribution in [1.82, 2.24) is 10.6 Å². The third-order valence-corrected chi connectivity index (χ3v) is 4.39. The quantitative estimate of drug-likeness (QED) is 0.628. The molecule has 0 aliphatic rings. The van der Waals surface area contributed by atoms with Gasteiger partial charge in [0, 0.05) is 24.2 Å². The number of carbonyl (C=O) groups excluding carboxylic acids is 3. The molecule has 0 heterocycles. The topological polar surface area (TPSA) is 96.5 Å². The Bertz CT molecular complexity index is 920. The average Bonchev–Trinajstić information content (AvgIpc) is 2.68. The van der Waals surface area contributed by atoms with Gasteiger partial charge < -0.3 is 20.7 Å². The highest BCUT2D eigenvalue weighted by atomic mass is 16.6. The van der Waals surface area contributed by atoms with Gasteiger partial charge in [0.2, 0.25) is 5.91 Å². The molecule has 0 aliphatic heterocycles. The summed E-state index contributed by atoms with van der Waals surface area (Å²) in [4.78, 5) is 37.6. The molecule has 2 aromatic rings. The van der Waals surface area contributed by atoms with Gasteiger partial charge in [0.1, 0.15) is 11.6 Å². The summed E-state index contributed by atoms with van der Waals surface area (Å²) < 4.78 is 5.32. The molecule has 31 heavy (non-hydrogen) atoms. The first-order valence-electron chi connectivity index (χ1n) is 10.3. The van der Waals surface area contributed by atoms with Crippen LogP contribution in [0.5, 0.6) is 0 Å². The molecule has 1 atom stereocenters. The number of rotatable bonds is 7. The molecule has 2 rings (SSSR count). The van der Waals surface area contributed by atoms with E-state index in [1.165, 1.54) is 0 Å². The minimum atomic E-state index is -0.857. The Labute approximate surface area is 183 Å². The van der Waals surface area contributed by atoms with E-state index >= 15 is 0 Å². The lowest BCUT2D eigenvalue weighted by atomic mass is 10.0. The first-order chi connectivity index (χ1) is 14.6. The number of hydrogen-bond acceptors (Lipinski definition) is 4. The van der Waals surface area contributed by atoms with Crippen LogP contribution in [0.3, 0.4) is 0 Å². The van der Waals surface area contributed by atoms with Gasteiger partial charge in [-0.3, -0.25) is 9.59 Å². The molecule has 3 N–H and O–H groups in total. The van der Waals surface area contributed by atoms with Gasteiger partial charge in [0.25, 0.3) is 5.91 Å². The predicted molar refractivity (Wildman–Crippen MR) is 121 cm³/mol. The first kappa shape index (κ1) is 23.9. The largest absolute Gasteiger partial charge is 0.444 e. The summed E-state index contributed by atoms with van der Waals surface area (Å²) in [6, 6.07) is 13.7. The van der Waals surface area contributed by atoms with Gasteiger partial charge in [0.15, 0.2) is 0 Å². The van der Waals surface area contributed by atoms with Crippen molar-refractivity contribution >= 4 is 23.6 Å². The van der Waals surface area contributed by atoms with E-state index in [2.05, 4.69) is 16.0 Å². The number of hydrogen-bond donors (Lipinski definition) is 3. The monoisotopic (exact) mass is 425 g/mol. The van der Waals surface area contributed by atoms with Gasteiger partial charge in [-0.2, -0.15) is 0 Å². The molecule has 2 aromatic carbocycles. The Kier molecular flexibility index (Phi) is 8.19. The summed E-state index contributed by atoms with van der Waals surface area (Å²) in [5.74, 6) is -0.614. The van der Waals surface area contributed by atoms with Gasteiger partial charge >= 0.3 is 6.09 Å². The van der Waals surface area contributed by atoms with Gasteiger partial charge in [-0.1, -0.05) is 36.4 Å². The normalized spacial score (nSPS) is 11.9. The number of benzene rings is 2. The summed E-state index contributed by atoms with van der Waals surface area (Å²) in [5, 5.41) is 8.25. The van der Waals surface area contributed by atoms with Crippen LogP contribution in [0.25, 0.3) is 0 Å². The van der Waals surface area contributed by atoms with E-state index in [0.717, 1.165) is 11.1 Å². The average molecular weight is 426 g/mol. The van der Waals surface area contributed by atoms with Crippen LogP contribution in [0, 0.1) is 6.92 Å². The number of aryl methyl sites for hydroxylation is 1. The highest BCUT2D eigenvalue weighted by Crippen LogP contribution is 2.18. The Morgan fingerprint density at radius 1 is 1.03 bits per heavy atom. The molecule has 0 radical (unpaired) electrons. The Balaban J connectivity index is 2.23. The first-order valence-corrected chi connectivity index (χ1v) is 10.3. The molecule has 1 unspecified atom stereocenters. The number of amides is 3. The number of alkyl carbamates (subject to hydrolysis) is 1. The van der Waals surface area contributed by atoms with Gasteiger partial charge in [-0.05, 0) is 57.9 Å². The van der Waals surface area contributed by atoms with Gasteiger partial charge in [0.05, 0.1) is 0 Å². The predicted octanol–water partition coefficient (Wildman–Crippen LogP) is 3.82. The zero-order chi connectivity index (χ0) is 23.0. The van der Waals surface area contributed by atoms with Crippen LogP contribution in [0.15, 0.2) is 48.5 Å². The van der Waals surface area contributed by atoms with Crippen LogP contribution >= 0.6 is 0 Å². The number of anilines is 1. The maximum atomic E-state index is 13.1. The fraction of sp³-hybridized carbons (Fsp3) is 0.375. The van der Waals surface area contributed by atoms with Crippen molar-refractivity contribution in [2.75, 3.05) is 11.9 Å². The summed E-state index contributed by atoms with van der Waals surface area (Å²) in [6.45, 7) is 9.46. The molecule has 0 fully saturated rings. The van der Waals surface area contributed by atoms with E-state index < -0.39 is 23.6 Å². The van der Waals surface area contributed by atoms with Crippen molar-refractivity contribution in [3.63, 3.8) is 0 Å². The van der Waals surface area contributed by atoms with Crippen molar-refractivity contribution in [1.29, 1.82) is 0 Å². The van der Waals surface area contributed by atoms with E-state index in [-0.39, 0.29) is 5.91 Å². The van der Waals surface area contributed by atoms with Crippen LogP contribution in [-0.2, 0) is 16.0 Å². The van der Waals surface area contributed by atoms with Crippen LogP contribution in [0.1, 0.15) is 49.2 Å². The molecule has 166 valence electrons. The molecule has 0 aromatic heterocycles. The Morgan fingerprint density at radius 3 is 2.32 bits per heavy atom. The zero-order valence-corrected chi connectivity index (χ0v) is 18.7. The summed E-state index contributed by atoms with van der Waals surface area (Å²) >= 11 is 0. The van der Waals surface area contributed by atoms with E-state index in [9.17, 15) is 14.4 Å². The summed E-state index contributed by atoms with van der Waals surface area (Å²) in [7, 11) is 0. The van der Waals surface area contributed by atoms with E-state index in [4.69, 9.17) is 4.74 Å². The number of ether oxygens (including phenoxy) is 1. The van der Waals surface area contributed by atoms with Crippen LogP contribution in [0.4, 0.5) is 10.5 Å². The van der Waals surface area contributed by atoms with E-state index in [1.807, 2.05) is 44.2 Å². The smallest absolute Gasteiger partial charge is 0.408 e. The molecule has 0 saturated heterocycles. The molecule has 0 aliphatic carbocycles. The van der Waals surface area contributed by atoms with Crippen molar-refractivity contribution in [2.45, 2.75) is 52.7 Å². The third kappa shape index (κ3) is 7.77. The molecular formula is C24H31N3O4. The van der Waals surface area contributed by atoms with Crippen molar-refractivity contribution in [3.05, 3.63) is 65.2 Å². The van der Waals surface area contributed by atoms with Crippen molar-refractivity contribution in [2.24, 2.45) is 0 Å². The lowest BCUT2D eigenvalue weighted by Crippen LogP contribution is -2.47. The Morgan fingerprint density at radius 2 is 1.71 bits per heavy atom. The lowest BCUT2D eigenvalue weighted by Gasteiger charge is -2.23. The number of carbonyl (C=O) groups is 3. The van der Waals surface area contributed by atoms with Gasteiger partial charge in [-0.25, -0.2) is 4.79 Å². The molecular weight excluding hydrogens is 394 g/mol. The number of nitrogens with one attached hydrogen (secondary N) is 3. The summed E-state index contributed by atoms with van der Waals surface area (Å²) in [5.41, 5.74) is 1.97. The second kappa shape index (κ2) is 10.6. The van der Waals surface area contributed by atoms with Crippen molar-refractivity contribution < 1.29 is 19.1 Å². The van der Waals surface area contributed by atoms with E-state index in [1.54, 1.807) is 39.0 Å². The maximum Gasteiger partial charge on any atom is 0.408 e. The fourth-order valence-corrected chi connectivity index (χ4v) is 2.89. The van der Waals surface area contributed by atoms with Crippen molar-refractivity contribution in [3.8, 4) is 0 Å². The zero-order valence-electron chi connectivity index (χ0n) is 18.7. The Hall–Kier alpha value is -3.35. The SMILES string of the molecule is CCNC(=O)c1ccc(C)c(NC(=O)C(Cc2ccccc2)NC(=O)OC(C)(C)C)c1. The molecule has 3 amide bonds.